The van der Waals surface area contributed by atoms with E-state index in [2.05, 4.69) is 9.47 Å². The second-order valence-electron chi connectivity index (χ2n) is 4.42. The summed E-state index contributed by atoms with van der Waals surface area (Å²) in [5.41, 5.74) is 0. The summed E-state index contributed by atoms with van der Waals surface area (Å²) in [6.45, 7) is 0.146. The lowest BCUT2D eigenvalue weighted by molar-refractivity contribution is -0.268. The number of hydrogen-bond donors (Lipinski definition) is 0. The van der Waals surface area contributed by atoms with Gasteiger partial charge in [0.05, 0.1) is 20.8 Å². The highest BCUT2D eigenvalue weighted by molar-refractivity contribution is 5.73. The molecule has 0 N–H and O–H groups in total. The third-order valence-corrected chi connectivity index (χ3v) is 3.29. The molecule has 3 heterocycles. The fourth-order valence-electron chi connectivity index (χ4n) is 2.33. The summed E-state index contributed by atoms with van der Waals surface area (Å²) in [6, 6.07) is 0. The van der Waals surface area contributed by atoms with Crippen molar-refractivity contribution in [1.29, 1.82) is 0 Å². The van der Waals surface area contributed by atoms with Crippen LogP contribution in [0.2, 0.25) is 0 Å². The van der Waals surface area contributed by atoms with Crippen LogP contribution < -0.4 is 0 Å². The Hall–Kier alpha value is -1.26. The minimum Gasteiger partial charge on any atom is -0.465 e. The molecule has 9 heteroatoms. The first-order chi connectivity index (χ1) is 9.63. The number of carbonyl (C=O) groups excluding carboxylic acids is 2. The van der Waals surface area contributed by atoms with Crippen LogP contribution in [0.5, 0.6) is 0 Å². The van der Waals surface area contributed by atoms with Crippen LogP contribution in [0.3, 0.4) is 0 Å². The monoisotopic (exact) mass is 290 g/mol. The Kier molecular flexibility index (Phi) is 3.61. The molecule has 3 saturated heterocycles. The molecule has 0 bridgehead atoms. The number of hydrogen-bond acceptors (Lipinski definition) is 9. The molecular formula is C11H14O9. The summed E-state index contributed by atoms with van der Waals surface area (Å²) in [7, 11) is 2.46. The van der Waals surface area contributed by atoms with Crippen LogP contribution in [0, 0.1) is 0 Å². The fraction of sp³-hybridized carbons (Fsp3) is 0.818. The zero-order chi connectivity index (χ0) is 14.3. The Morgan fingerprint density at radius 2 is 1.55 bits per heavy atom. The highest BCUT2D eigenvalue weighted by atomic mass is 16.9. The number of rotatable bonds is 2. The Balaban J connectivity index is 1.67. The molecule has 3 rings (SSSR count). The molecule has 112 valence electrons. The zero-order valence-electron chi connectivity index (χ0n) is 10.8. The van der Waals surface area contributed by atoms with E-state index in [0.717, 1.165) is 0 Å². The molecule has 3 fully saturated rings. The number of esters is 2. The van der Waals surface area contributed by atoms with Crippen LogP contribution in [0.15, 0.2) is 0 Å². The van der Waals surface area contributed by atoms with Gasteiger partial charge >= 0.3 is 11.9 Å². The SMILES string of the molecule is COC(=O)[C@@H]1O[C@H]2O[C@@H]3CO[C@H](C(=O)OC)O[C@@H]3[C@H]2O1. The second-order valence-corrected chi connectivity index (χ2v) is 4.42. The van der Waals surface area contributed by atoms with Crippen LogP contribution in [0.25, 0.3) is 0 Å². The van der Waals surface area contributed by atoms with E-state index in [4.69, 9.17) is 23.7 Å². The van der Waals surface area contributed by atoms with Gasteiger partial charge in [-0.2, -0.15) is 0 Å². The third-order valence-electron chi connectivity index (χ3n) is 3.29. The molecule has 9 nitrogen and oxygen atoms in total. The highest BCUT2D eigenvalue weighted by Crippen LogP contribution is 2.37. The Labute approximate surface area is 113 Å². The lowest BCUT2D eigenvalue weighted by atomic mass is 10.1. The van der Waals surface area contributed by atoms with E-state index in [1.807, 2.05) is 0 Å². The highest BCUT2D eigenvalue weighted by Gasteiger charge is 2.57. The zero-order valence-corrected chi connectivity index (χ0v) is 10.8. The second kappa shape index (κ2) is 5.26. The van der Waals surface area contributed by atoms with Crippen molar-refractivity contribution in [3.63, 3.8) is 0 Å². The van der Waals surface area contributed by atoms with Gasteiger partial charge in [0, 0.05) is 0 Å². The van der Waals surface area contributed by atoms with Crippen LogP contribution >= 0.6 is 0 Å². The van der Waals surface area contributed by atoms with Crippen molar-refractivity contribution in [3.05, 3.63) is 0 Å². The maximum atomic E-state index is 11.4. The summed E-state index contributed by atoms with van der Waals surface area (Å²) in [5, 5.41) is 0. The average Bonchev–Trinajstić information content (AvgIpc) is 3.02. The molecule has 0 spiro atoms. The Morgan fingerprint density at radius 1 is 0.900 bits per heavy atom. The van der Waals surface area contributed by atoms with Crippen molar-refractivity contribution >= 4 is 11.9 Å². The summed E-state index contributed by atoms with van der Waals surface area (Å²) in [4.78, 5) is 22.8. The topological polar surface area (TPSA) is 98.8 Å². The molecule has 6 atom stereocenters. The van der Waals surface area contributed by atoms with Gasteiger partial charge in [0.1, 0.15) is 18.3 Å². The molecule has 0 aromatic carbocycles. The molecular weight excluding hydrogens is 276 g/mol. The minimum atomic E-state index is -1.15. The van der Waals surface area contributed by atoms with Gasteiger partial charge in [0.25, 0.3) is 12.6 Å². The summed E-state index contributed by atoms with van der Waals surface area (Å²) < 4.78 is 35.9. The number of methoxy groups -OCH3 is 2. The van der Waals surface area contributed by atoms with Crippen molar-refractivity contribution in [3.8, 4) is 0 Å². The maximum Gasteiger partial charge on any atom is 0.363 e. The number of fused-ring (bicyclic) bond motifs is 3. The van der Waals surface area contributed by atoms with Crippen molar-refractivity contribution in [2.24, 2.45) is 0 Å². The maximum absolute atomic E-state index is 11.4. The number of ether oxygens (including phenoxy) is 7. The predicted molar refractivity (Wildman–Crippen MR) is 57.1 cm³/mol. The molecule has 0 aromatic rings. The molecule has 0 radical (unpaired) electrons. The summed E-state index contributed by atoms with van der Waals surface area (Å²) in [5.74, 6) is -1.30. The first kappa shape index (κ1) is 13.7. The van der Waals surface area contributed by atoms with E-state index in [1.165, 1.54) is 14.2 Å². The van der Waals surface area contributed by atoms with Crippen molar-refractivity contribution in [2.45, 2.75) is 37.2 Å². The normalized spacial score (nSPS) is 42.7. The van der Waals surface area contributed by atoms with E-state index in [0.29, 0.717) is 0 Å². The Morgan fingerprint density at radius 3 is 2.25 bits per heavy atom. The molecule has 0 aromatic heterocycles. The van der Waals surface area contributed by atoms with Crippen LogP contribution in [0.1, 0.15) is 0 Å². The minimum absolute atomic E-state index is 0.146. The molecule has 20 heavy (non-hydrogen) atoms. The molecule has 0 amide bonds. The van der Waals surface area contributed by atoms with Gasteiger partial charge in [-0.05, 0) is 0 Å². The quantitative estimate of drug-likeness (QED) is 0.565. The van der Waals surface area contributed by atoms with Gasteiger partial charge in [-0.15, -0.1) is 0 Å². The van der Waals surface area contributed by atoms with Crippen LogP contribution in [-0.4, -0.2) is 69.9 Å². The largest absolute Gasteiger partial charge is 0.465 e. The van der Waals surface area contributed by atoms with Gasteiger partial charge in [-0.1, -0.05) is 0 Å². The van der Waals surface area contributed by atoms with Gasteiger partial charge in [-0.25, -0.2) is 9.59 Å². The van der Waals surface area contributed by atoms with Gasteiger partial charge in [0.2, 0.25) is 0 Å². The lowest BCUT2D eigenvalue weighted by Gasteiger charge is -2.31. The number of carbonyl (C=O) groups is 2. The summed E-state index contributed by atoms with van der Waals surface area (Å²) in [6.07, 6.45) is -4.67. The van der Waals surface area contributed by atoms with E-state index in [9.17, 15) is 9.59 Å². The summed E-state index contributed by atoms with van der Waals surface area (Å²) >= 11 is 0. The molecule has 0 unspecified atom stereocenters. The third kappa shape index (κ3) is 2.17. The average molecular weight is 290 g/mol. The van der Waals surface area contributed by atoms with E-state index >= 15 is 0 Å². The van der Waals surface area contributed by atoms with Crippen LogP contribution in [0.4, 0.5) is 0 Å². The molecule has 0 saturated carbocycles. The van der Waals surface area contributed by atoms with Gasteiger partial charge in [-0.3, -0.25) is 0 Å². The molecule has 3 aliphatic rings. The van der Waals surface area contributed by atoms with Crippen molar-refractivity contribution < 1.29 is 42.7 Å². The van der Waals surface area contributed by atoms with E-state index in [1.54, 1.807) is 0 Å². The lowest BCUT2D eigenvalue weighted by Crippen LogP contribution is -2.49. The smallest absolute Gasteiger partial charge is 0.363 e. The van der Waals surface area contributed by atoms with E-state index < -0.39 is 49.1 Å². The van der Waals surface area contributed by atoms with Gasteiger partial charge in [0.15, 0.2) is 6.29 Å². The van der Waals surface area contributed by atoms with Crippen molar-refractivity contribution in [1.82, 2.24) is 0 Å². The van der Waals surface area contributed by atoms with E-state index in [-0.39, 0.29) is 6.61 Å². The molecule has 3 aliphatic heterocycles. The first-order valence-corrected chi connectivity index (χ1v) is 6.03. The first-order valence-electron chi connectivity index (χ1n) is 6.03. The Bertz CT molecular complexity index is 411. The molecule has 0 aliphatic carbocycles. The standard InChI is InChI=1S/C11H14O9/c1-14-7(12)10-16-3-4-5(18-10)6-9(17-4)20-11(19-6)8(13)15-2/h4-6,9-11H,3H2,1-2H3/t4-,5+,6-,9-,10+,11+/m1/s1. The predicted octanol–water partition coefficient (Wildman–Crippen LogP) is -1.46. The van der Waals surface area contributed by atoms with Crippen LogP contribution in [-0.2, 0) is 42.7 Å². The fourth-order valence-corrected chi connectivity index (χ4v) is 2.33. The van der Waals surface area contributed by atoms with Gasteiger partial charge < -0.3 is 33.2 Å². The van der Waals surface area contributed by atoms with Crippen molar-refractivity contribution in [2.75, 3.05) is 20.8 Å².